The number of fused-ring (bicyclic) bond motifs is 14. The maximum absolute atomic E-state index is 13.1. The summed E-state index contributed by atoms with van der Waals surface area (Å²) in [4.78, 5) is 102. The Morgan fingerprint density at radius 3 is 1.48 bits per heavy atom. The molecule has 0 spiro atoms. The lowest BCUT2D eigenvalue weighted by molar-refractivity contribution is -0.152. The van der Waals surface area contributed by atoms with Gasteiger partial charge in [0, 0.05) is 23.0 Å². The minimum Gasteiger partial charge on any atom is -0.457 e. The van der Waals surface area contributed by atoms with Gasteiger partial charge in [-0.15, -0.1) is 0 Å². The predicted octanol–water partition coefficient (Wildman–Crippen LogP) is 2.97. The summed E-state index contributed by atoms with van der Waals surface area (Å²) in [5, 5.41) is 37.7. The van der Waals surface area contributed by atoms with Gasteiger partial charge in [-0.1, -0.05) is 104 Å². The monoisotopic (exact) mass is 1020 g/mol. The molecule has 6 amide bonds. The van der Waals surface area contributed by atoms with Crippen LogP contribution in [0.1, 0.15) is 94.4 Å². The molecule has 4 heterocycles. The third-order valence-electron chi connectivity index (χ3n) is 10.4. The molecular weight excluding hydrogens is 953 g/mol. The second kappa shape index (κ2) is 30.4. The molecule has 374 valence electrons. The Balaban J connectivity index is 0.000000447. The molecule has 4 aliphatic heterocycles. The number of carbonyl (C=O) groups excluding carboxylic acids is 8. The molecule has 0 saturated carbocycles. The Labute approximate surface area is 408 Å². The van der Waals surface area contributed by atoms with E-state index in [1.165, 1.54) is 38.3 Å². The third-order valence-corrected chi connectivity index (χ3v) is 17.1. The lowest BCUT2D eigenvalue weighted by Crippen LogP contribution is -2.58. The van der Waals surface area contributed by atoms with Crippen LogP contribution in [0.25, 0.3) is 0 Å². The van der Waals surface area contributed by atoms with Crippen LogP contribution in [-0.2, 0) is 47.8 Å². The average molecular weight is 1020 g/mol. The molecule has 66 heavy (non-hydrogen) atoms. The van der Waals surface area contributed by atoms with E-state index in [0.29, 0.717) is 24.3 Å². The van der Waals surface area contributed by atoms with Crippen molar-refractivity contribution in [3.63, 3.8) is 0 Å². The first-order valence-corrected chi connectivity index (χ1v) is 28.1. The molecule has 4 rings (SSSR count). The van der Waals surface area contributed by atoms with E-state index in [9.17, 15) is 48.6 Å². The Morgan fingerprint density at radius 1 is 0.545 bits per heavy atom. The number of carbonyl (C=O) groups is 8. The topological polar surface area (TPSA) is 268 Å². The Hall–Kier alpha value is -3.09. The highest BCUT2D eigenvalue weighted by atomic mass is 33.5. The van der Waals surface area contributed by atoms with Crippen molar-refractivity contribution in [2.75, 3.05) is 23.0 Å². The van der Waals surface area contributed by atoms with E-state index < -0.39 is 108 Å². The summed E-state index contributed by atoms with van der Waals surface area (Å²) in [7, 11) is 7.61. The number of amides is 6. The van der Waals surface area contributed by atoms with Crippen LogP contribution in [0, 0.1) is 17.8 Å². The predicted molar refractivity (Wildman–Crippen MR) is 264 cm³/mol. The maximum Gasteiger partial charge on any atom is 0.309 e. The second-order valence-electron chi connectivity index (χ2n) is 17.0. The fraction of sp³-hybridized carbons (Fsp3) is 0.721. The molecule has 23 heteroatoms. The summed E-state index contributed by atoms with van der Waals surface area (Å²) in [6, 6.07) is -4.90. The molecule has 0 radical (unpaired) electrons. The van der Waals surface area contributed by atoms with E-state index in [-0.39, 0.29) is 50.9 Å². The minimum atomic E-state index is -1.18. The van der Waals surface area contributed by atoms with E-state index in [1.54, 1.807) is 47.6 Å². The van der Waals surface area contributed by atoms with Crippen molar-refractivity contribution in [3.05, 3.63) is 24.3 Å². The molecule has 18 nitrogen and oxygen atoms in total. The van der Waals surface area contributed by atoms with Crippen molar-refractivity contribution in [2.45, 2.75) is 155 Å². The van der Waals surface area contributed by atoms with Crippen LogP contribution < -0.4 is 31.9 Å². The molecule has 0 aliphatic carbocycles. The zero-order valence-corrected chi connectivity index (χ0v) is 42.0. The summed E-state index contributed by atoms with van der Waals surface area (Å²) < 4.78 is 10.9. The first-order valence-electron chi connectivity index (χ1n) is 21.8. The van der Waals surface area contributed by atoms with Gasteiger partial charge in [0.1, 0.15) is 36.4 Å². The van der Waals surface area contributed by atoms with Crippen molar-refractivity contribution in [2.24, 2.45) is 17.8 Å². The highest BCUT2D eigenvalue weighted by Crippen LogP contribution is 2.35. The van der Waals surface area contributed by atoms with Gasteiger partial charge >= 0.3 is 11.9 Å². The zero-order chi connectivity index (χ0) is 48.2. The number of rotatable bonds is 3. The molecule has 0 aromatic carbocycles. The number of ether oxygens (including phenoxy) is 2. The Kier molecular flexibility index (Phi) is 27.2. The molecule has 2 fully saturated rings. The van der Waals surface area contributed by atoms with Crippen LogP contribution in [0.2, 0.25) is 0 Å². The van der Waals surface area contributed by atoms with Gasteiger partial charge in [0.05, 0.1) is 50.0 Å². The van der Waals surface area contributed by atoms with Crippen LogP contribution in [0.4, 0.5) is 0 Å². The molecule has 4 aliphatic rings. The number of allylic oxidation sites excluding steroid dienone is 2. The average Bonchev–Trinajstić information content (AvgIpc) is 3.21. The quantitative estimate of drug-likeness (QED) is 0.115. The van der Waals surface area contributed by atoms with E-state index in [4.69, 9.17) is 9.47 Å². The van der Waals surface area contributed by atoms with Gasteiger partial charge in [-0.05, 0) is 59.5 Å². The number of nitrogens with one attached hydrogen (secondary N) is 6. The van der Waals surface area contributed by atoms with Crippen LogP contribution >= 0.6 is 53.0 Å². The summed E-state index contributed by atoms with van der Waals surface area (Å²) in [6.07, 6.45) is 3.47. The fourth-order valence-corrected chi connectivity index (χ4v) is 12.7. The van der Waals surface area contributed by atoms with Gasteiger partial charge in [-0.3, -0.25) is 38.4 Å². The van der Waals surface area contributed by atoms with E-state index >= 15 is 0 Å². The van der Waals surface area contributed by atoms with Gasteiger partial charge in [0.25, 0.3) is 0 Å². The van der Waals surface area contributed by atoms with E-state index in [2.05, 4.69) is 31.9 Å². The first-order chi connectivity index (χ1) is 30.7. The van der Waals surface area contributed by atoms with Crippen LogP contribution in [-0.4, -0.2) is 141 Å². The summed E-state index contributed by atoms with van der Waals surface area (Å²) in [6.45, 7) is 12.4. The molecule has 10 unspecified atom stereocenters. The molecule has 8 N–H and O–H groups in total. The Bertz CT molecular complexity index is 1710. The molecule has 10 atom stereocenters. The van der Waals surface area contributed by atoms with Crippen molar-refractivity contribution in [1.29, 1.82) is 0 Å². The van der Waals surface area contributed by atoms with Crippen molar-refractivity contribution < 1.29 is 58.0 Å². The van der Waals surface area contributed by atoms with Gasteiger partial charge in [-0.25, -0.2) is 0 Å². The lowest BCUT2D eigenvalue weighted by Gasteiger charge is -2.30. The number of aliphatic hydroxyl groups excluding tert-OH is 2. The molecule has 0 aromatic rings. The van der Waals surface area contributed by atoms with Gasteiger partial charge in [0.15, 0.2) is 0 Å². The SMILES string of the molecule is C.CC(C)C1NC(=O)CC2/C=C/CCSSCC(NC1=O)C(=O)NC(C(C)C)C(O)CC(=O)O2.CC1NC(=O)CC2/C=C/CCSSSCC(NC1=O)C(=O)NC(C(C)C)C(O)CC(=O)O2. The van der Waals surface area contributed by atoms with E-state index in [0.717, 1.165) is 11.5 Å². The Morgan fingerprint density at radius 2 is 1.00 bits per heavy atom. The second-order valence-corrected chi connectivity index (χ2v) is 24.0. The van der Waals surface area contributed by atoms with Gasteiger partial charge < -0.3 is 51.6 Å². The van der Waals surface area contributed by atoms with Crippen molar-refractivity contribution >= 4 is 100 Å². The highest BCUT2D eigenvalue weighted by Gasteiger charge is 2.36. The summed E-state index contributed by atoms with van der Waals surface area (Å²) in [5.41, 5.74) is 0. The lowest BCUT2D eigenvalue weighted by atomic mass is 9.96. The summed E-state index contributed by atoms with van der Waals surface area (Å²) >= 11 is 0. The fourth-order valence-electron chi connectivity index (χ4n) is 6.76. The summed E-state index contributed by atoms with van der Waals surface area (Å²) in [5.74, 6) is -2.52. The zero-order valence-electron chi connectivity index (χ0n) is 37.9. The van der Waals surface area contributed by atoms with Gasteiger partial charge in [-0.2, -0.15) is 0 Å². The third kappa shape index (κ3) is 21.1. The van der Waals surface area contributed by atoms with Crippen LogP contribution in [0.5, 0.6) is 0 Å². The maximum atomic E-state index is 13.1. The number of hydrogen-bond acceptors (Lipinski definition) is 17. The first kappa shape index (κ1) is 59.0. The number of esters is 2. The minimum absolute atomic E-state index is 0. The highest BCUT2D eigenvalue weighted by molar-refractivity contribution is 9.09. The number of aliphatic hydroxyl groups is 2. The molecular formula is C43H70N6O12S5. The van der Waals surface area contributed by atoms with Gasteiger partial charge in [0.2, 0.25) is 35.4 Å². The van der Waals surface area contributed by atoms with Crippen LogP contribution in [0.15, 0.2) is 24.3 Å². The number of hydrogen-bond donors (Lipinski definition) is 8. The normalized spacial score (nSPS) is 31.9. The van der Waals surface area contributed by atoms with Crippen LogP contribution in [0.3, 0.4) is 0 Å². The standard InChI is InChI=1S/C22H35N3O6S2.C20H31N3O6S3.CH4/c1-12(2)19-16(26)10-18(28)31-14-7-5-6-8-32-33-11-15(21(29)25-19)23-22(30)20(13(3)4)24-17(27)9-14;1-11(2)18-15(24)9-17(26)29-13-6-4-5-7-30-32-31-10-14(20(28)23-18)22-19(27)12(3)21-16(25)8-13;/h5,7,12-16,19-20,26H,6,8-11H2,1-4H3,(H,23,30)(H,24,27)(H,25,29);4,6,11-15,18,24H,5,7-10H2,1-3H3,(H,21,25)(H,22,27)(H,23,28);1H4/b7-5+;6-4+;. The van der Waals surface area contributed by atoms with Crippen molar-refractivity contribution in [3.8, 4) is 0 Å². The molecule has 4 bridgehead atoms. The molecule has 0 aromatic heterocycles. The van der Waals surface area contributed by atoms with E-state index in [1.807, 2.05) is 39.8 Å². The largest absolute Gasteiger partial charge is 0.457 e. The smallest absolute Gasteiger partial charge is 0.309 e. The van der Waals surface area contributed by atoms with Crippen molar-refractivity contribution in [1.82, 2.24) is 31.9 Å². The molecule has 2 saturated heterocycles.